The molecule has 7 heteroatoms. The zero-order valence-corrected chi connectivity index (χ0v) is 23.9. The van der Waals surface area contributed by atoms with Gasteiger partial charge in [0, 0.05) is 53.5 Å². The van der Waals surface area contributed by atoms with E-state index in [1.165, 1.54) is 0 Å². The lowest BCUT2D eigenvalue weighted by Gasteiger charge is -2.43. The summed E-state index contributed by atoms with van der Waals surface area (Å²) < 4.78 is 11.9. The Morgan fingerprint density at radius 3 is 2.20 bits per heavy atom. The summed E-state index contributed by atoms with van der Waals surface area (Å²) in [5.41, 5.74) is 7.37. The van der Waals surface area contributed by atoms with Gasteiger partial charge in [-0.2, -0.15) is 0 Å². The zero-order valence-electron chi connectivity index (χ0n) is 23.9. The number of rotatable bonds is 8. The Morgan fingerprint density at radius 2 is 1.57 bits per heavy atom. The maximum Gasteiger partial charge on any atom is 0.262 e. The van der Waals surface area contributed by atoms with Gasteiger partial charge in [-0.3, -0.25) is 14.4 Å². The molecule has 2 aromatic carbocycles. The number of hydrogen-bond donors (Lipinski definition) is 1. The first kappa shape index (κ1) is 27.7. The molecule has 0 saturated carbocycles. The number of benzene rings is 2. The summed E-state index contributed by atoms with van der Waals surface area (Å²) in [6, 6.07) is 11.4. The van der Waals surface area contributed by atoms with Gasteiger partial charge in [-0.1, -0.05) is 18.2 Å². The van der Waals surface area contributed by atoms with E-state index in [-0.39, 0.29) is 24.1 Å². The number of nitrogens with zero attached hydrogens (tertiary/aromatic N) is 1. The van der Waals surface area contributed by atoms with Crippen LogP contribution in [0.1, 0.15) is 75.0 Å². The van der Waals surface area contributed by atoms with Gasteiger partial charge in [0.2, 0.25) is 0 Å². The first-order chi connectivity index (χ1) is 19.3. The number of amides is 1. The van der Waals surface area contributed by atoms with Crippen molar-refractivity contribution >= 4 is 23.2 Å². The second kappa shape index (κ2) is 11.7. The third kappa shape index (κ3) is 5.17. The summed E-state index contributed by atoms with van der Waals surface area (Å²) in [5, 5.41) is 2.92. The van der Waals surface area contributed by atoms with Crippen molar-refractivity contribution in [2.24, 2.45) is 0 Å². The van der Waals surface area contributed by atoms with Crippen LogP contribution in [0.3, 0.4) is 0 Å². The van der Waals surface area contributed by atoms with Crippen molar-refractivity contribution in [3.05, 3.63) is 75.6 Å². The van der Waals surface area contributed by atoms with Gasteiger partial charge in [-0.15, -0.1) is 0 Å². The molecule has 0 spiro atoms. The highest BCUT2D eigenvalue weighted by Crippen LogP contribution is 2.50. The Balaban J connectivity index is 1.46. The molecule has 3 aliphatic rings. The summed E-state index contributed by atoms with van der Waals surface area (Å²) in [6.07, 6.45) is 4.34. The van der Waals surface area contributed by atoms with Crippen molar-refractivity contribution in [1.29, 1.82) is 0 Å². The van der Waals surface area contributed by atoms with E-state index in [4.69, 9.17) is 9.47 Å². The molecular weight excluding hydrogens is 504 g/mol. The number of carbonyl (C=O) groups is 3. The number of anilines is 1. The monoisotopic (exact) mass is 542 g/mol. The van der Waals surface area contributed by atoms with Crippen LogP contribution in [0.25, 0.3) is 0 Å². The third-order valence-electron chi connectivity index (χ3n) is 8.24. The molecule has 0 aromatic heterocycles. The fourth-order valence-corrected chi connectivity index (χ4v) is 6.24. The molecule has 0 saturated heterocycles. The Kier molecular flexibility index (Phi) is 8.10. The van der Waals surface area contributed by atoms with Crippen LogP contribution in [0.4, 0.5) is 5.69 Å². The Hall–Kier alpha value is -3.87. The van der Waals surface area contributed by atoms with Gasteiger partial charge in [0.05, 0.1) is 6.61 Å². The van der Waals surface area contributed by atoms with Gasteiger partial charge in [0.1, 0.15) is 0 Å². The summed E-state index contributed by atoms with van der Waals surface area (Å²) in [4.78, 5) is 41.7. The van der Waals surface area contributed by atoms with Gasteiger partial charge in [-0.05, 0) is 88.3 Å². The molecule has 1 heterocycles. The molecule has 2 aliphatic carbocycles. The predicted molar refractivity (Wildman–Crippen MR) is 155 cm³/mol. The number of carbonyl (C=O) groups excluding carboxylic acids is 3. The summed E-state index contributed by atoms with van der Waals surface area (Å²) >= 11 is 0. The number of hydrogen-bond acceptors (Lipinski definition) is 6. The fraction of sp³-hybridized carbons (Fsp3) is 0.424. The van der Waals surface area contributed by atoms with E-state index >= 15 is 0 Å². The largest absolute Gasteiger partial charge is 0.490 e. The van der Waals surface area contributed by atoms with Crippen molar-refractivity contribution in [2.75, 3.05) is 25.1 Å². The van der Waals surface area contributed by atoms with Crippen LogP contribution in [-0.4, -0.2) is 42.1 Å². The maximum absolute atomic E-state index is 13.4. The highest BCUT2D eigenvalue weighted by atomic mass is 16.5. The first-order valence-electron chi connectivity index (χ1n) is 14.4. The number of aryl methyl sites for hydroxylation is 1. The minimum atomic E-state index is -0.408. The second-order valence-electron chi connectivity index (χ2n) is 10.7. The average Bonchev–Trinajstić information content (AvgIpc) is 2.94. The zero-order chi connectivity index (χ0) is 28.4. The highest BCUT2D eigenvalue weighted by molar-refractivity contribution is 6.06. The lowest BCUT2D eigenvalue weighted by molar-refractivity contribution is -0.118. The Morgan fingerprint density at radius 1 is 0.900 bits per heavy atom. The lowest BCUT2D eigenvalue weighted by atomic mass is 9.71. The van der Waals surface area contributed by atoms with E-state index in [9.17, 15) is 14.4 Å². The Labute approximate surface area is 236 Å². The number of ether oxygens (including phenoxy) is 2. The van der Waals surface area contributed by atoms with Crippen LogP contribution < -0.4 is 14.8 Å². The van der Waals surface area contributed by atoms with Crippen molar-refractivity contribution in [1.82, 2.24) is 4.90 Å². The lowest BCUT2D eigenvalue weighted by Crippen LogP contribution is -2.39. The molecule has 40 heavy (non-hydrogen) atoms. The van der Waals surface area contributed by atoms with E-state index in [0.29, 0.717) is 30.9 Å². The van der Waals surface area contributed by atoms with Crippen LogP contribution in [0.15, 0.2) is 58.9 Å². The van der Waals surface area contributed by atoms with Gasteiger partial charge in [0.25, 0.3) is 5.91 Å². The van der Waals surface area contributed by atoms with Crippen LogP contribution in [-0.2, 0) is 14.4 Å². The summed E-state index contributed by atoms with van der Waals surface area (Å²) in [5.74, 6) is 0.507. The summed E-state index contributed by atoms with van der Waals surface area (Å²) in [6.45, 7) is 8.92. The van der Waals surface area contributed by atoms with E-state index in [0.717, 1.165) is 77.1 Å². The molecule has 0 atom stereocenters. The van der Waals surface area contributed by atoms with Crippen LogP contribution in [0.5, 0.6) is 11.5 Å². The maximum atomic E-state index is 13.4. The molecule has 7 nitrogen and oxygen atoms in total. The molecule has 0 radical (unpaired) electrons. The SMILES string of the molecule is CCOc1cc(C2C3=C(CCCC3=O)N(CC)C3=C2C(=O)CCC3)ccc1OCC(=O)Nc1cccc(C)c1C. The van der Waals surface area contributed by atoms with Crippen molar-refractivity contribution in [2.45, 2.75) is 72.1 Å². The van der Waals surface area contributed by atoms with Crippen molar-refractivity contribution in [3.8, 4) is 11.5 Å². The molecule has 5 rings (SSSR count). The van der Waals surface area contributed by atoms with Crippen LogP contribution in [0.2, 0.25) is 0 Å². The van der Waals surface area contributed by atoms with Gasteiger partial charge in [-0.25, -0.2) is 0 Å². The van der Waals surface area contributed by atoms with E-state index < -0.39 is 5.92 Å². The summed E-state index contributed by atoms with van der Waals surface area (Å²) in [7, 11) is 0. The molecule has 0 unspecified atom stereocenters. The highest BCUT2D eigenvalue weighted by Gasteiger charge is 2.43. The van der Waals surface area contributed by atoms with Gasteiger partial charge < -0.3 is 19.7 Å². The minimum absolute atomic E-state index is 0.121. The van der Waals surface area contributed by atoms with Gasteiger partial charge in [0.15, 0.2) is 29.7 Å². The third-order valence-corrected chi connectivity index (χ3v) is 8.24. The minimum Gasteiger partial charge on any atom is -0.490 e. The quantitative estimate of drug-likeness (QED) is 0.431. The molecule has 0 bridgehead atoms. The fourth-order valence-electron chi connectivity index (χ4n) is 6.24. The van der Waals surface area contributed by atoms with Crippen LogP contribution in [0, 0.1) is 13.8 Å². The van der Waals surface area contributed by atoms with E-state index in [1.54, 1.807) is 6.07 Å². The van der Waals surface area contributed by atoms with Crippen molar-refractivity contribution in [3.63, 3.8) is 0 Å². The van der Waals surface area contributed by atoms with E-state index in [2.05, 4.69) is 17.1 Å². The average molecular weight is 543 g/mol. The Bertz CT molecular complexity index is 1380. The van der Waals surface area contributed by atoms with Crippen molar-refractivity contribution < 1.29 is 23.9 Å². The molecule has 1 N–H and O–H groups in total. The molecule has 1 amide bonds. The number of Topliss-reactive ketones (excluding diaryl/α,β-unsaturated/α-hetero) is 2. The molecule has 0 fully saturated rings. The molecular formula is C33H38N2O5. The molecule has 2 aromatic rings. The topological polar surface area (TPSA) is 84.9 Å². The number of ketones is 2. The molecule has 1 aliphatic heterocycles. The predicted octanol–water partition coefficient (Wildman–Crippen LogP) is 6.15. The standard InChI is InChI=1S/C33H38N2O5/c1-5-35-24-12-8-14-26(36)32(24)31(33-25(35)13-9-15-27(33)37)22-16-17-28(29(18-22)39-6-2)40-19-30(38)34-23-11-7-10-20(3)21(23)4/h7,10-11,16-18,31H,5-6,8-9,12-15,19H2,1-4H3,(H,34,38). The first-order valence-corrected chi connectivity index (χ1v) is 14.4. The number of nitrogens with one attached hydrogen (secondary N) is 1. The second-order valence-corrected chi connectivity index (χ2v) is 10.7. The smallest absolute Gasteiger partial charge is 0.262 e. The number of allylic oxidation sites excluding steroid dienone is 4. The van der Waals surface area contributed by atoms with Gasteiger partial charge >= 0.3 is 0 Å². The van der Waals surface area contributed by atoms with E-state index in [1.807, 2.05) is 51.1 Å². The normalized spacial score (nSPS) is 17.6. The van der Waals surface area contributed by atoms with Crippen LogP contribution >= 0.6 is 0 Å². The molecule has 210 valence electrons.